The Hall–Kier alpha value is -0.580. The van der Waals surface area contributed by atoms with Crippen LogP contribution in [0, 0.1) is 7.14 Å². The maximum Gasteiger partial charge on any atom is 0.336 e. The minimum atomic E-state index is -1.83. The summed E-state index contributed by atoms with van der Waals surface area (Å²) in [5, 5.41) is 17.6. The average Bonchev–Trinajstić information content (AvgIpc) is 2.16. The van der Waals surface area contributed by atoms with E-state index in [-0.39, 0.29) is 14.7 Å². The fourth-order valence-corrected chi connectivity index (χ4v) is 2.85. The van der Waals surface area contributed by atoms with Gasteiger partial charge in [-0.1, -0.05) is 0 Å². The summed E-state index contributed by atoms with van der Waals surface area (Å²) in [6.45, 7) is 0. The SMILES string of the molecule is O=Ic1c(C(=O)O)cc(I)cc1C(=O)O. The number of halogens is 2. The maximum atomic E-state index is 10.9. The number of aromatic carboxylic acids is 2. The van der Waals surface area contributed by atoms with Gasteiger partial charge in [-0.05, 0) is 34.7 Å². The molecule has 0 amide bonds. The smallest absolute Gasteiger partial charge is 0.336 e. The Labute approximate surface area is 108 Å². The van der Waals surface area contributed by atoms with Crippen LogP contribution in [0.4, 0.5) is 0 Å². The van der Waals surface area contributed by atoms with Crippen LogP contribution in [0.1, 0.15) is 20.7 Å². The molecule has 7 heteroatoms. The van der Waals surface area contributed by atoms with Gasteiger partial charge in [0.05, 0.1) is 14.7 Å². The molecule has 0 heterocycles. The lowest BCUT2D eigenvalue weighted by atomic mass is 10.1. The van der Waals surface area contributed by atoms with E-state index in [0.29, 0.717) is 3.57 Å². The fourth-order valence-electron chi connectivity index (χ4n) is 0.984. The molecule has 80 valence electrons. The summed E-state index contributed by atoms with van der Waals surface area (Å²) in [6, 6.07) is 2.62. The van der Waals surface area contributed by atoms with Crippen molar-refractivity contribution in [3.05, 3.63) is 30.4 Å². The first-order chi connectivity index (χ1) is 6.97. The molecule has 2 N–H and O–H groups in total. The van der Waals surface area contributed by atoms with E-state index in [9.17, 15) is 12.7 Å². The Morgan fingerprint density at radius 1 is 1.13 bits per heavy atom. The topological polar surface area (TPSA) is 91.7 Å². The van der Waals surface area contributed by atoms with Gasteiger partial charge in [0.25, 0.3) is 0 Å². The van der Waals surface area contributed by atoms with Crippen molar-refractivity contribution in [3.63, 3.8) is 0 Å². The van der Waals surface area contributed by atoms with E-state index < -0.39 is 33.1 Å². The summed E-state index contributed by atoms with van der Waals surface area (Å²) < 4.78 is 11.3. The van der Waals surface area contributed by atoms with Crippen LogP contribution >= 0.6 is 43.8 Å². The number of hydrogen-bond acceptors (Lipinski definition) is 3. The molecule has 5 nitrogen and oxygen atoms in total. The summed E-state index contributed by atoms with van der Waals surface area (Å²) in [7, 11) is 0. The van der Waals surface area contributed by atoms with Crippen molar-refractivity contribution in [2.75, 3.05) is 0 Å². The van der Waals surface area contributed by atoms with Gasteiger partial charge in [0.1, 0.15) is 0 Å². The Balaban J connectivity index is 3.59. The second-order valence-electron chi connectivity index (χ2n) is 2.50. The van der Waals surface area contributed by atoms with Crippen molar-refractivity contribution in [1.82, 2.24) is 0 Å². The quantitative estimate of drug-likeness (QED) is 0.713. The molecule has 0 unspecified atom stereocenters. The molecule has 1 rings (SSSR count). The van der Waals surface area contributed by atoms with Crippen LogP contribution in [-0.4, -0.2) is 22.2 Å². The summed E-state index contributed by atoms with van der Waals surface area (Å²) in [4.78, 5) is 21.6. The number of carboxylic acid groups (broad SMARTS) is 2. The first-order valence-corrected chi connectivity index (χ1v) is 6.58. The fraction of sp³-hybridized carbons (Fsp3) is 0. The molecule has 0 bridgehead atoms. The number of rotatable bonds is 3. The van der Waals surface area contributed by atoms with Crippen LogP contribution < -0.4 is 0 Å². The Morgan fingerprint density at radius 2 is 1.53 bits per heavy atom. The van der Waals surface area contributed by atoms with Crippen molar-refractivity contribution in [1.29, 1.82) is 0 Å². The highest BCUT2D eigenvalue weighted by atomic mass is 127. The predicted octanol–water partition coefficient (Wildman–Crippen LogP) is 2.17. The Morgan fingerprint density at radius 3 is 1.80 bits per heavy atom. The van der Waals surface area contributed by atoms with Gasteiger partial charge >= 0.3 is 11.9 Å². The summed E-state index contributed by atoms with van der Waals surface area (Å²) >= 11 is -0.0147. The molecular weight excluding hydrogens is 430 g/mol. The predicted molar refractivity (Wildman–Crippen MR) is 66.5 cm³/mol. The largest absolute Gasteiger partial charge is 0.478 e. The van der Waals surface area contributed by atoms with Crippen molar-refractivity contribution in [2.45, 2.75) is 0 Å². The minimum Gasteiger partial charge on any atom is -0.478 e. The van der Waals surface area contributed by atoms with Crippen molar-refractivity contribution in [3.8, 4) is 0 Å². The third kappa shape index (κ3) is 2.71. The third-order valence-corrected chi connectivity index (χ3v) is 3.80. The van der Waals surface area contributed by atoms with Gasteiger partial charge in [0.15, 0.2) is 21.2 Å². The van der Waals surface area contributed by atoms with E-state index in [1.54, 1.807) is 0 Å². The molecule has 0 radical (unpaired) electrons. The highest BCUT2D eigenvalue weighted by Gasteiger charge is 2.19. The van der Waals surface area contributed by atoms with Gasteiger partial charge < -0.3 is 10.2 Å². The van der Waals surface area contributed by atoms with Crippen molar-refractivity contribution < 1.29 is 22.9 Å². The molecule has 0 fully saturated rings. The van der Waals surface area contributed by atoms with E-state index in [1.807, 2.05) is 22.6 Å². The van der Waals surface area contributed by atoms with Gasteiger partial charge in [-0.3, -0.25) is 3.07 Å². The number of carboxylic acids is 2. The van der Waals surface area contributed by atoms with Gasteiger partial charge in [-0.15, -0.1) is 0 Å². The molecule has 0 spiro atoms. The van der Waals surface area contributed by atoms with Crippen LogP contribution in [0.3, 0.4) is 0 Å². The van der Waals surface area contributed by atoms with Gasteiger partial charge in [0.2, 0.25) is 0 Å². The van der Waals surface area contributed by atoms with Crippen LogP contribution in [0.25, 0.3) is 0 Å². The lowest BCUT2D eigenvalue weighted by Gasteiger charge is -2.03. The molecule has 15 heavy (non-hydrogen) atoms. The normalized spacial score (nSPS) is 9.93. The lowest BCUT2D eigenvalue weighted by Crippen LogP contribution is -2.08. The second-order valence-corrected chi connectivity index (χ2v) is 5.27. The zero-order valence-corrected chi connectivity index (χ0v) is 11.3. The minimum absolute atomic E-state index is 0.0748. The standard InChI is InChI=1S/C8H4I2O5/c9-3-1-4(7(11)12)6(10-15)5(2-3)8(13)14/h1-2H,(H,11,12)(H,13,14). The first kappa shape index (κ1) is 12.5. The van der Waals surface area contributed by atoms with E-state index in [2.05, 4.69) is 0 Å². The Bertz CT molecular complexity index is 419. The molecule has 1 aromatic rings. The van der Waals surface area contributed by atoms with Crippen LogP contribution in [0.15, 0.2) is 12.1 Å². The molecule has 0 saturated heterocycles. The van der Waals surface area contributed by atoms with Gasteiger partial charge in [-0.25, -0.2) is 9.59 Å². The van der Waals surface area contributed by atoms with E-state index in [1.165, 1.54) is 12.1 Å². The molecule has 0 aliphatic heterocycles. The molecule has 0 aliphatic carbocycles. The van der Waals surface area contributed by atoms with Crippen molar-refractivity contribution >= 4 is 55.7 Å². The zero-order valence-electron chi connectivity index (χ0n) is 7.03. The van der Waals surface area contributed by atoms with Crippen LogP contribution in [-0.2, 0) is 3.07 Å². The number of hydrogen-bond donors (Lipinski definition) is 2. The molecule has 0 aromatic heterocycles. The molecular formula is C8H4I2O5. The lowest BCUT2D eigenvalue weighted by molar-refractivity contribution is 0.0695. The Kier molecular flexibility index (Phi) is 4.13. The van der Waals surface area contributed by atoms with E-state index in [4.69, 9.17) is 10.2 Å². The zero-order chi connectivity index (χ0) is 11.6. The first-order valence-electron chi connectivity index (χ1n) is 3.54. The molecule has 0 saturated carbocycles. The van der Waals surface area contributed by atoms with E-state index >= 15 is 0 Å². The molecule has 0 aliphatic rings. The second kappa shape index (κ2) is 4.96. The monoisotopic (exact) mass is 434 g/mol. The van der Waals surface area contributed by atoms with Gasteiger partial charge in [0, 0.05) is 3.57 Å². The van der Waals surface area contributed by atoms with Crippen LogP contribution in [0.2, 0.25) is 0 Å². The van der Waals surface area contributed by atoms with Crippen molar-refractivity contribution in [2.24, 2.45) is 0 Å². The summed E-state index contributed by atoms with van der Waals surface area (Å²) in [5.74, 6) is -2.52. The maximum absolute atomic E-state index is 10.9. The molecule has 1 aromatic carbocycles. The van der Waals surface area contributed by atoms with Crippen LogP contribution in [0.5, 0.6) is 0 Å². The average molecular weight is 434 g/mol. The number of carbonyl (C=O) groups is 2. The number of benzene rings is 1. The summed E-state index contributed by atoms with van der Waals surface area (Å²) in [6.07, 6.45) is 0. The van der Waals surface area contributed by atoms with Gasteiger partial charge in [-0.2, -0.15) is 0 Å². The van der Waals surface area contributed by atoms with E-state index in [0.717, 1.165) is 0 Å². The highest BCUT2D eigenvalue weighted by Crippen LogP contribution is 2.24. The third-order valence-electron chi connectivity index (χ3n) is 1.58. The molecule has 0 atom stereocenters. The highest BCUT2D eigenvalue weighted by molar-refractivity contribution is 14.1. The summed E-state index contributed by atoms with van der Waals surface area (Å²) in [5.41, 5.74) is -0.385.